The number of aromatic nitrogens is 1. The second kappa shape index (κ2) is 4.95. The summed E-state index contributed by atoms with van der Waals surface area (Å²) in [6, 6.07) is 0. The van der Waals surface area contributed by atoms with Gasteiger partial charge in [0.05, 0.1) is 17.2 Å². The average Bonchev–Trinajstić information content (AvgIpc) is 2.47. The predicted molar refractivity (Wildman–Crippen MR) is 60.8 cm³/mol. The molecule has 0 aliphatic heterocycles. The fourth-order valence-electron chi connectivity index (χ4n) is 1.18. The summed E-state index contributed by atoms with van der Waals surface area (Å²) < 4.78 is 0. The van der Waals surface area contributed by atoms with Crippen molar-refractivity contribution in [1.82, 2.24) is 15.6 Å². The van der Waals surface area contributed by atoms with E-state index in [2.05, 4.69) is 27.5 Å². The molecular formula is C9H16N4S. The molecule has 4 nitrogen and oxygen atoms in total. The zero-order valence-electron chi connectivity index (χ0n) is 9.01. The van der Waals surface area contributed by atoms with Crippen molar-refractivity contribution < 1.29 is 0 Å². The fourth-order valence-corrected chi connectivity index (χ4v) is 2.02. The van der Waals surface area contributed by atoms with Crippen LogP contribution in [0.3, 0.4) is 0 Å². The van der Waals surface area contributed by atoms with Crippen molar-refractivity contribution in [3.8, 4) is 0 Å². The van der Waals surface area contributed by atoms with E-state index < -0.39 is 0 Å². The van der Waals surface area contributed by atoms with Crippen LogP contribution in [0.15, 0.2) is 4.99 Å². The summed E-state index contributed by atoms with van der Waals surface area (Å²) in [6.45, 7) is 4.83. The lowest BCUT2D eigenvalue weighted by molar-refractivity contribution is 0.835. The van der Waals surface area contributed by atoms with Gasteiger partial charge in [-0.25, -0.2) is 4.98 Å². The lowest BCUT2D eigenvalue weighted by Crippen LogP contribution is -2.34. The summed E-state index contributed by atoms with van der Waals surface area (Å²) in [6.07, 6.45) is 0. The molecule has 1 aromatic rings. The largest absolute Gasteiger partial charge is 0.359 e. The van der Waals surface area contributed by atoms with Crippen molar-refractivity contribution >= 4 is 17.3 Å². The van der Waals surface area contributed by atoms with E-state index in [1.165, 1.54) is 4.88 Å². The van der Waals surface area contributed by atoms with Gasteiger partial charge in [-0.3, -0.25) is 4.99 Å². The number of hydrogen-bond acceptors (Lipinski definition) is 3. The minimum Gasteiger partial charge on any atom is -0.359 e. The number of nitrogens with zero attached hydrogens (tertiary/aromatic N) is 2. The monoisotopic (exact) mass is 212 g/mol. The lowest BCUT2D eigenvalue weighted by Gasteiger charge is -2.06. The Morgan fingerprint density at radius 3 is 2.64 bits per heavy atom. The molecule has 1 heterocycles. The highest BCUT2D eigenvalue weighted by Crippen LogP contribution is 2.15. The first-order valence-electron chi connectivity index (χ1n) is 4.48. The molecule has 0 fully saturated rings. The first-order chi connectivity index (χ1) is 6.67. The summed E-state index contributed by atoms with van der Waals surface area (Å²) in [5.41, 5.74) is 1.10. The Labute approximate surface area is 88.5 Å². The van der Waals surface area contributed by atoms with Crippen LogP contribution in [-0.4, -0.2) is 25.0 Å². The highest BCUT2D eigenvalue weighted by atomic mass is 32.1. The molecule has 1 rings (SSSR count). The molecule has 0 radical (unpaired) electrons. The second-order valence-corrected chi connectivity index (χ2v) is 4.32. The molecule has 0 saturated carbocycles. The van der Waals surface area contributed by atoms with Gasteiger partial charge in [0.15, 0.2) is 5.96 Å². The van der Waals surface area contributed by atoms with E-state index in [-0.39, 0.29) is 0 Å². The fraction of sp³-hybridized carbons (Fsp3) is 0.556. The van der Waals surface area contributed by atoms with Gasteiger partial charge in [-0.05, 0) is 13.8 Å². The SMILES string of the molecule is CN=C(NC)NCc1nc(C)sc1C. The molecule has 0 amide bonds. The molecule has 2 N–H and O–H groups in total. The van der Waals surface area contributed by atoms with Gasteiger partial charge in [0.25, 0.3) is 0 Å². The molecule has 0 aliphatic rings. The van der Waals surface area contributed by atoms with Crippen molar-refractivity contribution in [2.24, 2.45) is 4.99 Å². The molecule has 0 unspecified atom stereocenters. The van der Waals surface area contributed by atoms with E-state index in [9.17, 15) is 0 Å². The Balaban J connectivity index is 2.57. The van der Waals surface area contributed by atoms with E-state index in [0.29, 0.717) is 0 Å². The van der Waals surface area contributed by atoms with Crippen LogP contribution in [0.1, 0.15) is 15.6 Å². The van der Waals surface area contributed by atoms with Crippen molar-refractivity contribution in [2.45, 2.75) is 20.4 Å². The van der Waals surface area contributed by atoms with Crippen LogP contribution in [0.2, 0.25) is 0 Å². The topological polar surface area (TPSA) is 49.3 Å². The number of aryl methyl sites for hydroxylation is 2. The van der Waals surface area contributed by atoms with E-state index in [1.54, 1.807) is 18.4 Å². The third-order valence-corrected chi connectivity index (χ3v) is 2.81. The molecule has 0 aromatic carbocycles. The Morgan fingerprint density at radius 1 is 1.50 bits per heavy atom. The summed E-state index contributed by atoms with van der Waals surface area (Å²) in [4.78, 5) is 9.72. The third-order valence-electron chi connectivity index (χ3n) is 1.88. The van der Waals surface area contributed by atoms with Gasteiger partial charge < -0.3 is 10.6 Å². The normalized spacial score (nSPS) is 11.6. The van der Waals surface area contributed by atoms with Gasteiger partial charge in [0, 0.05) is 19.0 Å². The smallest absolute Gasteiger partial charge is 0.191 e. The van der Waals surface area contributed by atoms with Crippen LogP contribution in [0.4, 0.5) is 0 Å². The van der Waals surface area contributed by atoms with Crippen LogP contribution in [0, 0.1) is 13.8 Å². The summed E-state index contributed by atoms with van der Waals surface area (Å²) in [5.74, 6) is 0.787. The number of hydrogen-bond donors (Lipinski definition) is 2. The van der Waals surface area contributed by atoms with Gasteiger partial charge in [-0.2, -0.15) is 0 Å². The van der Waals surface area contributed by atoms with Gasteiger partial charge in [-0.1, -0.05) is 0 Å². The van der Waals surface area contributed by atoms with E-state index in [1.807, 2.05) is 14.0 Å². The van der Waals surface area contributed by atoms with Crippen LogP contribution in [0.5, 0.6) is 0 Å². The maximum Gasteiger partial charge on any atom is 0.191 e. The zero-order chi connectivity index (χ0) is 10.6. The van der Waals surface area contributed by atoms with E-state index >= 15 is 0 Å². The zero-order valence-corrected chi connectivity index (χ0v) is 9.83. The van der Waals surface area contributed by atoms with Crippen LogP contribution < -0.4 is 10.6 Å². The quantitative estimate of drug-likeness (QED) is 0.569. The number of aliphatic imine (C=N–C) groups is 1. The average molecular weight is 212 g/mol. The van der Waals surface area contributed by atoms with Crippen molar-refractivity contribution in [2.75, 3.05) is 14.1 Å². The predicted octanol–water partition coefficient (Wildman–Crippen LogP) is 1.05. The third kappa shape index (κ3) is 2.70. The lowest BCUT2D eigenvalue weighted by atomic mass is 10.4. The van der Waals surface area contributed by atoms with Gasteiger partial charge in [-0.15, -0.1) is 11.3 Å². The number of guanidine groups is 1. The van der Waals surface area contributed by atoms with Crippen molar-refractivity contribution in [1.29, 1.82) is 0 Å². The molecule has 0 spiro atoms. The van der Waals surface area contributed by atoms with Crippen LogP contribution in [-0.2, 0) is 6.54 Å². The molecule has 0 aliphatic carbocycles. The standard InChI is InChI=1S/C9H16N4S/c1-6-8(13-7(2)14-6)5-12-9(10-3)11-4/h5H2,1-4H3,(H2,10,11,12). The number of nitrogens with one attached hydrogen (secondary N) is 2. The Hall–Kier alpha value is -1.10. The molecule has 5 heteroatoms. The Bertz CT molecular complexity index is 330. The van der Waals surface area contributed by atoms with Crippen molar-refractivity contribution in [3.05, 3.63) is 15.6 Å². The number of thiazole rings is 1. The maximum atomic E-state index is 4.42. The highest BCUT2D eigenvalue weighted by molar-refractivity contribution is 7.11. The molecule has 78 valence electrons. The highest BCUT2D eigenvalue weighted by Gasteiger charge is 2.04. The molecule has 1 aromatic heterocycles. The van der Waals surface area contributed by atoms with Gasteiger partial charge in [0.1, 0.15) is 0 Å². The van der Waals surface area contributed by atoms with Crippen LogP contribution in [0.25, 0.3) is 0 Å². The Morgan fingerprint density at radius 2 is 2.21 bits per heavy atom. The van der Waals surface area contributed by atoms with Crippen LogP contribution >= 0.6 is 11.3 Å². The number of rotatable bonds is 2. The molecule has 0 saturated heterocycles. The Kier molecular flexibility index (Phi) is 3.88. The van der Waals surface area contributed by atoms with E-state index in [0.717, 1.165) is 23.2 Å². The van der Waals surface area contributed by atoms with Gasteiger partial charge in [0.2, 0.25) is 0 Å². The minimum atomic E-state index is 0.726. The van der Waals surface area contributed by atoms with E-state index in [4.69, 9.17) is 0 Å². The molecule has 0 bridgehead atoms. The van der Waals surface area contributed by atoms with Crippen molar-refractivity contribution in [3.63, 3.8) is 0 Å². The second-order valence-electron chi connectivity index (χ2n) is 2.91. The molecule has 0 atom stereocenters. The molecular weight excluding hydrogens is 196 g/mol. The minimum absolute atomic E-state index is 0.726. The summed E-state index contributed by atoms with van der Waals surface area (Å²) in [7, 11) is 3.59. The molecule has 14 heavy (non-hydrogen) atoms. The van der Waals surface area contributed by atoms with Gasteiger partial charge >= 0.3 is 0 Å². The summed E-state index contributed by atoms with van der Waals surface area (Å²) in [5, 5.41) is 7.25. The first-order valence-corrected chi connectivity index (χ1v) is 5.30. The summed E-state index contributed by atoms with van der Waals surface area (Å²) >= 11 is 1.72. The maximum absolute atomic E-state index is 4.42. The first kappa shape index (κ1) is 11.0.